The number of hydrogen-bond acceptors (Lipinski definition) is 8. The number of ether oxygens (including phenoxy) is 2. The lowest BCUT2D eigenvalue weighted by Crippen LogP contribution is -2.41. The topological polar surface area (TPSA) is 110 Å². The van der Waals surface area contributed by atoms with Crippen molar-refractivity contribution in [2.75, 3.05) is 31.3 Å². The number of amides is 1. The van der Waals surface area contributed by atoms with Crippen LogP contribution in [0.5, 0.6) is 11.6 Å². The van der Waals surface area contributed by atoms with Crippen molar-refractivity contribution < 1.29 is 19.4 Å². The fraction of sp³-hybridized carbons (Fsp3) is 0.474. The summed E-state index contributed by atoms with van der Waals surface area (Å²) in [6.07, 6.45) is 1.58. The molecule has 0 bridgehead atoms. The number of likely N-dealkylation sites (tertiary alicyclic amines) is 1. The van der Waals surface area contributed by atoms with Crippen molar-refractivity contribution in [1.82, 2.24) is 19.9 Å². The molecule has 0 unspecified atom stereocenters. The van der Waals surface area contributed by atoms with Crippen LogP contribution < -0.4 is 14.8 Å². The van der Waals surface area contributed by atoms with Gasteiger partial charge in [-0.05, 0) is 24.8 Å². The number of aromatic nitrogens is 3. The zero-order valence-corrected chi connectivity index (χ0v) is 17.5. The van der Waals surface area contributed by atoms with Gasteiger partial charge in [0.15, 0.2) is 5.82 Å². The number of carboxylic acid groups (broad SMARTS) is 1. The highest BCUT2D eigenvalue weighted by atomic mass is 32.2. The van der Waals surface area contributed by atoms with E-state index in [0.29, 0.717) is 43.4 Å². The number of hydrogen-bond donors (Lipinski definition) is 2. The fourth-order valence-electron chi connectivity index (χ4n) is 3.06. The summed E-state index contributed by atoms with van der Waals surface area (Å²) >= 11 is 1.69. The van der Waals surface area contributed by atoms with Crippen LogP contribution in [0.1, 0.15) is 25.5 Å². The van der Waals surface area contributed by atoms with Gasteiger partial charge in [-0.1, -0.05) is 6.92 Å². The standard InChI is InChI=1S/C19H25N5O4S/c1-4-29-15-6-5-14(12(2)22-15)23-17-16(27-3)18(21-11-20-17)28-13-7-9-24(10-8-13)19(25)26/h5-6,11,13H,4,7-10H2,1-3H3,(H,25,26)(H,20,21,23). The Kier molecular flexibility index (Phi) is 6.97. The van der Waals surface area contributed by atoms with Crippen LogP contribution in [0.25, 0.3) is 0 Å². The van der Waals surface area contributed by atoms with E-state index >= 15 is 0 Å². The summed E-state index contributed by atoms with van der Waals surface area (Å²) < 4.78 is 11.5. The normalized spacial score (nSPS) is 14.5. The molecule has 0 saturated carbocycles. The molecule has 156 valence electrons. The second kappa shape index (κ2) is 9.64. The third-order valence-corrected chi connectivity index (χ3v) is 5.38. The predicted molar refractivity (Wildman–Crippen MR) is 110 cm³/mol. The van der Waals surface area contributed by atoms with E-state index in [0.717, 1.165) is 22.2 Å². The van der Waals surface area contributed by atoms with E-state index in [2.05, 4.69) is 27.2 Å². The van der Waals surface area contributed by atoms with Gasteiger partial charge in [0.25, 0.3) is 5.88 Å². The van der Waals surface area contributed by atoms with Gasteiger partial charge in [0.05, 0.1) is 23.5 Å². The Bertz CT molecular complexity index is 858. The van der Waals surface area contributed by atoms with E-state index < -0.39 is 6.09 Å². The molecular formula is C19H25N5O4S. The molecule has 3 rings (SSSR count). The van der Waals surface area contributed by atoms with Crippen LogP contribution in [0.2, 0.25) is 0 Å². The van der Waals surface area contributed by atoms with E-state index in [1.165, 1.54) is 18.3 Å². The number of carbonyl (C=O) groups is 1. The van der Waals surface area contributed by atoms with Gasteiger partial charge in [0.1, 0.15) is 12.4 Å². The summed E-state index contributed by atoms with van der Waals surface area (Å²) in [5.41, 5.74) is 1.68. The van der Waals surface area contributed by atoms with Gasteiger partial charge in [-0.2, -0.15) is 4.98 Å². The molecule has 0 aliphatic carbocycles. The van der Waals surface area contributed by atoms with Crippen molar-refractivity contribution in [2.45, 2.75) is 37.8 Å². The number of nitrogens with one attached hydrogen (secondary N) is 1. The summed E-state index contributed by atoms with van der Waals surface area (Å²) in [5, 5.41) is 13.3. The predicted octanol–water partition coefficient (Wildman–Crippen LogP) is 3.57. The molecule has 1 fully saturated rings. The monoisotopic (exact) mass is 419 g/mol. The molecule has 0 spiro atoms. The third-order valence-electron chi connectivity index (χ3n) is 4.57. The number of rotatable bonds is 7. The third kappa shape index (κ3) is 5.20. The zero-order valence-electron chi connectivity index (χ0n) is 16.7. The van der Waals surface area contributed by atoms with Crippen molar-refractivity contribution >= 4 is 29.4 Å². The van der Waals surface area contributed by atoms with Gasteiger partial charge in [-0.15, -0.1) is 11.8 Å². The Morgan fingerprint density at radius 1 is 1.34 bits per heavy atom. The highest BCUT2D eigenvalue weighted by Gasteiger charge is 2.25. The number of thioether (sulfide) groups is 1. The van der Waals surface area contributed by atoms with Crippen LogP contribution in [0.3, 0.4) is 0 Å². The molecule has 2 aromatic heterocycles. The van der Waals surface area contributed by atoms with Crippen LogP contribution in [0.15, 0.2) is 23.5 Å². The van der Waals surface area contributed by atoms with E-state index in [-0.39, 0.29) is 6.10 Å². The van der Waals surface area contributed by atoms with Crippen LogP contribution >= 0.6 is 11.8 Å². The number of anilines is 2. The lowest BCUT2D eigenvalue weighted by atomic mass is 10.1. The van der Waals surface area contributed by atoms with Gasteiger partial charge in [-0.25, -0.2) is 14.8 Å². The molecule has 29 heavy (non-hydrogen) atoms. The Morgan fingerprint density at radius 3 is 2.72 bits per heavy atom. The first-order valence-electron chi connectivity index (χ1n) is 9.42. The minimum absolute atomic E-state index is 0.129. The summed E-state index contributed by atoms with van der Waals surface area (Å²) in [6.45, 7) is 4.90. The number of methoxy groups -OCH3 is 1. The molecule has 9 nitrogen and oxygen atoms in total. The minimum atomic E-state index is -0.901. The first kappa shape index (κ1) is 21.0. The van der Waals surface area contributed by atoms with Gasteiger partial charge in [-0.3, -0.25) is 0 Å². The van der Waals surface area contributed by atoms with Crippen LogP contribution in [-0.2, 0) is 0 Å². The first-order chi connectivity index (χ1) is 14.0. The molecule has 3 heterocycles. The van der Waals surface area contributed by atoms with Crippen molar-refractivity contribution in [3.8, 4) is 11.6 Å². The molecule has 2 N–H and O–H groups in total. The van der Waals surface area contributed by atoms with Crippen molar-refractivity contribution in [3.05, 3.63) is 24.2 Å². The second-order valence-electron chi connectivity index (χ2n) is 6.49. The largest absolute Gasteiger partial charge is 0.489 e. The molecule has 2 aromatic rings. The summed E-state index contributed by atoms with van der Waals surface area (Å²) in [7, 11) is 1.54. The molecule has 0 radical (unpaired) electrons. The van der Waals surface area contributed by atoms with E-state index in [1.807, 2.05) is 19.1 Å². The summed E-state index contributed by atoms with van der Waals surface area (Å²) in [4.78, 5) is 25.5. The van der Waals surface area contributed by atoms with Crippen molar-refractivity contribution in [1.29, 1.82) is 0 Å². The Morgan fingerprint density at radius 2 is 2.10 bits per heavy atom. The van der Waals surface area contributed by atoms with Crippen LogP contribution in [0.4, 0.5) is 16.3 Å². The zero-order chi connectivity index (χ0) is 20.8. The van der Waals surface area contributed by atoms with E-state index in [4.69, 9.17) is 14.6 Å². The lowest BCUT2D eigenvalue weighted by Gasteiger charge is -2.30. The highest BCUT2D eigenvalue weighted by Crippen LogP contribution is 2.35. The molecule has 0 aromatic carbocycles. The van der Waals surface area contributed by atoms with Crippen molar-refractivity contribution in [3.63, 3.8) is 0 Å². The van der Waals surface area contributed by atoms with Crippen molar-refractivity contribution in [2.24, 2.45) is 0 Å². The van der Waals surface area contributed by atoms with Gasteiger partial charge >= 0.3 is 6.09 Å². The summed E-state index contributed by atoms with van der Waals surface area (Å²) in [5.74, 6) is 2.19. The Labute approximate surface area is 173 Å². The van der Waals surface area contributed by atoms with Gasteiger partial charge in [0, 0.05) is 25.9 Å². The lowest BCUT2D eigenvalue weighted by molar-refractivity contribution is 0.0852. The van der Waals surface area contributed by atoms with Gasteiger partial charge in [0.2, 0.25) is 5.75 Å². The maximum absolute atomic E-state index is 11.1. The smallest absolute Gasteiger partial charge is 0.407 e. The molecule has 1 aliphatic heterocycles. The SMILES string of the molecule is CCSc1ccc(Nc2ncnc(OC3CCN(C(=O)O)CC3)c2OC)c(C)n1. The fourth-order valence-corrected chi connectivity index (χ4v) is 3.72. The highest BCUT2D eigenvalue weighted by molar-refractivity contribution is 7.99. The number of aryl methyl sites for hydroxylation is 1. The molecule has 10 heteroatoms. The first-order valence-corrected chi connectivity index (χ1v) is 10.4. The molecule has 0 atom stereocenters. The Balaban J connectivity index is 1.74. The van der Waals surface area contributed by atoms with Crippen LogP contribution in [0, 0.1) is 6.92 Å². The van der Waals surface area contributed by atoms with Gasteiger partial charge < -0.3 is 24.8 Å². The maximum atomic E-state index is 11.1. The molecular weight excluding hydrogens is 394 g/mol. The number of nitrogens with zero attached hydrogens (tertiary/aromatic N) is 4. The summed E-state index contributed by atoms with van der Waals surface area (Å²) in [6, 6.07) is 3.93. The second-order valence-corrected chi connectivity index (χ2v) is 7.77. The number of pyridine rings is 1. The minimum Gasteiger partial charge on any atom is -0.489 e. The Hall–Kier alpha value is -2.75. The molecule has 1 saturated heterocycles. The van der Waals surface area contributed by atoms with E-state index in [1.54, 1.807) is 11.8 Å². The van der Waals surface area contributed by atoms with E-state index in [9.17, 15) is 4.79 Å². The average molecular weight is 420 g/mol. The molecule has 1 amide bonds. The quantitative estimate of drug-likeness (QED) is 0.651. The molecule has 1 aliphatic rings. The number of piperidine rings is 1. The van der Waals surface area contributed by atoms with Crippen LogP contribution in [-0.4, -0.2) is 63.1 Å². The average Bonchev–Trinajstić information content (AvgIpc) is 2.71. The maximum Gasteiger partial charge on any atom is 0.407 e.